The van der Waals surface area contributed by atoms with E-state index in [1.54, 1.807) is 0 Å². The van der Waals surface area contributed by atoms with Gasteiger partial charge in [0.15, 0.2) is 0 Å². The summed E-state index contributed by atoms with van der Waals surface area (Å²) < 4.78 is 0.303. The Labute approximate surface area is 134 Å². The summed E-state index contributed by atoms with van der Waals surface area (Å²) in [5.74, 6) is 1.36. The first kappa shape index (κ1) is 17.1. The third-order valence-electron chi connectivity index (χ3n) is 5.03. The monoisotopic (exact) mass is 312 g/mol. The van der Waals surface area contributed by atoms with Gasteiger partial charge in [0.1, 0.15) is 0 Å². The van der Waals surface area contributed by atoms with E-state index in [2.05, 4.69) is 44.2 Å². The Kier molecular flexibility index (Phi) is 5.64. The van der Waals surface area contributed by atoms with Crippen molar-refractivity contribution in [1.82, 2.24) is 10.2 Å². The molecule has 2 fully saturated rings. The van der Waals surface area contributed by atoms with Gasteiger partial charge in [0.05, 0.1) is 12.2 Å². The van der Waals surface area contributed by atoms with Crippen molar-refractivity contribution in [3.05, 3.63) is 0 Å². The van der Waals surface area contributed by atoms with Crippen LogP contribution in [0.25, 0.3) is 0 Å². The minimum atomic E-state index is 0.0257. The van der Waals surface area contributed by atoms with E-state index >= 15 is 0 Å². The van der Waals surface area contributed by atoms with E-state index < -0.39 is 0 Å². The third kappa shape index (κ3) is 3.76. The average molecular weight is 313 g/mol. The Bertz CT molecular complexity index is 364. The molecule has 0 aromatic carbocycles. The molecule has 0 bridgehead atoms. The number of nitrogens with zero attached hydrogens (tertiary/aromatic N) is 1. The fraction of sp³-hybridized carbons (Fsp3) is 0.941. The normalized spacial score (nSPS) is 29.1. The molecule has 0 aromatic rings. The molecule has 1 heterocycles. The fourth-order valence-corrected chi connectivity index (χ4v) is 4.80. The van der Waals surface area contributed by atoms with Gasteiger partial charge in [-0.15, -0.1) is 0 Å². The Hall–Kier alpha value is -0.220. The van der Waals surface area contributed by atoms with Crippen molar-refractivity contribution in [1.29, 1.82) is 0 Å². The zero-order valence-corrected chi connectivity index (χ0v) is 15.1. The van der Waals surface area contributed by atoms with Crippen LogP contribution in [0.2, 0.25) is 0 Å². The van der Waals surface area contributed by atoms with Gasteiger partial charge in [-0.25, -0.2) is 0 Å². The number of hydrogen-bond donors (Lipinski definition) is 1. The van der Waals surface area contributed by atoms with Gasteiger partial charge in [0.2, 0.25) is 5.91 Å². The van der Waals surface area contributed by atoms with Crippen molar-refractivity contribution in [2.24, 2.45) is 11.8 Å². The van der Waals surface area contributed by atoms with Gasteiger partial charge in [-0.2, -0.15) is 11.8 Å². The molecule has 0 spiro atoms. The van der Waals surface area contributed by atoms with Crippen LogP contribution in [0.3, 0.4) is 0 Å². The maximum absolute atomic E-state index is 12.9. The summed E-state index contributed by atoms with van der Waals surface area (Å²) in [5, 5.41) is 3.60. The Morgan fingerprint density at radius 3 is 2.38 bits per heavy atom. The van der Waals surface area contributed by atoms with Crippen molar-refractivity contribution < 1.29 is 4.79 Å². The summed E-state index contributed by atoms with van der Waals surface area (Å²) in [6, 6.07) is 0.0257. The Morgan fingerprint density at radius 1 is 1.29 bits per heavy atom. The topological polar surface area (TPSA) is 32.3 Å². The molecule has 2 atom stereocenters. The van der Waals surface area contributed by atoms with E-state index in [1.165, 1.54) is 25.7 Å². The lowest BCUT2D eigenvalue weighted by Gasteiger charge is -2.36. The number of nitrogens with one attached hydrogen (secondary N) is 1. The Morgan fingerprint density at radius 2 is 1.90 bits per heavy atom. The highest BCUT2D eigenvalue weighted by atomic mass is 32.2. The summed E-state index contributed by atoms with van der Waals surface area (Å²) in [6.45, 7) is 9.76. The van der Waals surface area contributed by atoms with E-state index in [-0.39, 0.29) is 12.2 Å². The van der Waals surface area contributed by atoms with Crippen LogP contribution in [0.5, 0.6) is 0 Å². The van der Waals surface area contributed by atoms with Crippen LogP contribution >= 0.6 is 11.8 Å². The minimum absolute atomic E-state index is 0.0257. The minimum Gasteiger partial charge on any atom is -0.324 e. The molecule has 3 nitrogen and oxygen atoms in total. The highest BCUT2D eigenvalue weighted by molar-refractivity contribution is 8.00. The molecule has 2 rings (SSSR count). The number of amides is 1. The largest absolute Gasteiger partial charge is 0.324 e. The molecule has 2 unspecified atom stereocenters. The van der Waals surface area contributed by atoms with Crippen molar-refractivity contribution >= 4 is 17.7 Å². The summed E-state index contributed by atoms with van der Waals surface area (Å²) in [4.78, 5) is 15.0. The van der Waals surface area contributed by atoms with Crippen molar-refractivity contribution in [2.45, 2.75) is 76.8 Å². The standard InChI is InChI=1S/C17H32N2OS/c1-12(2)10-14-16(20)19(15(18-14)13(3)4)11-17(21-5)8-6-7-9-17/h12-15,18H,6-11H2,1-5H3. The van der Waals surface area contributed by atoms with E-state index in [4.69, 9.17) is 0 Å². The van der Waals surface area contributed by atoms with E-state index in [0.29, 0.717) is 22.5 Å². The van der Waals surface area contributed by atoms with Gasteiger partial charge in [-0.3, -0.25) is 10.1 Å². The molecule has 1 aliphatic carbocycles. The van der Waals surface area contributed by atoms with Gasteiger partial charge < -0.3 is 4.90 Å². The molecule has 1 saturated carbocycles. The molecule has 1 saturated heterocycles. The highest BCUT2D eigenvalue weighted by Crippen LogP contribution is 2.42. The smallest absolute Gasteiger partial charge is 0.241 e. The van der Waals surface area contributed by atoms with Crippen LogP contribution < -0.4 is 5.32 Å². The van der Waals surface area contributed by atoms with Gasteiger partial charge in [0, 0.05) is 11.3 Å². The van der Waals surface area contributed by atoms with Crippen LogP contribution in [0.1, 0.15) is 59.8 Å². The summed E-state index contributed by atoms with van der Waals surface area (Å²) in [7, 11) is 0. The third-order valence-corrected chi connectivity index (χ3v) is 6.44. The lowest BCUT2D eigenvalue weighted by atomic mass is 10.0. The first-order valence-electron chi connectivity index (χ1n) is 8.50. The SMILES string of the molecule is CSC1(CN2C(=O)C(CC(C)C)NC2C(C)C)CCCC1. The second-order valence-electron chi connectivity index (χ2n) is 7.60. The van der Waals surface area contributed by atoms with E-state index in [0.717, 1.165) is 13.0 Å². The Balaban J connectivity index is 2.12. The number of carbonyl (C=O) groups excluding carboxylic acids is 1. The highest BCUT2D eigenvalue weighted by Gasteiger charge is 2.45. The summed E-state index contributed by atoms with van der Waals surface area (Å²) in [5.41, 5.74) is 0. The second kappa shape index (κ2) is 6.91. The lowest BCUT2D eigenvalue weighted by Crippen LogP contribution is -2.47. The number of carbonyl (C=O) groups is 1. The molecule has 1 N–H and O–H groups in total. The molecule has 2 aliphatic rings. The fourth-order valence-electron chi connectivity index (χ4n) is 3.83. The number of thioether (sulfide) groups is 1. The van der Waals surface area contributed by atoms with E-state index in [1.807, 2.05) is 11.8 Å². The van der Waals surface area contributed by atoms with Crippen LogP contribution in [-0.4, -0.2) is 40.6 Å². The first-order chi connectivity index (χ1) is 9.88. The number of rotatable bonds is 6. The van der Waals surface area contributed by atoms with Crippen LogP contribution in [0.4, 0.5) is 0 Å². The molecule has 4 heteroatoms. The van der Waals surface area contributed by atoms with Crippen LogP contribution in [0, 0.1) is 11.8 Å². The zero-order chi connectivity index (χ0) is 15.6. The zero-order valence-electron chi connectivity index (χ0n) is 14.3. The van der Waals surface area contributed by atoms with Crippen molar-refractivity contribution in [3.8, 4) is 0 Å². The number of hydrogen-bond acceptors (Lipinski definition) is 3. The molecule has 0 aromatic heterocycles. The molecular weight excluding hydrogens is 280 g/mol. The first-order valence-corrected chi connectivity index (χ1v) is 9.73. The maximum atomic E-state index is 12.9. The molecule has 122 valence electrons. The maximum Gasteiger partial charge on any atom is 0.241 e. The molecule has 1 amide bonds. The molecule has 0 radical (unpaired) electrons. The van der Waals surface area contributed by atoms with Crippen molar-refractivity contribution in [2.75, 3.05) is 12.8 Å². The van der Waals surface area contributed by atoms with Crippen molar-refractivity contribution in [3.63, 3.8) is 0 Å². The van der Waals surface area contributed by atoms with Crippen LogP contribution in [-0.2, 0) is 4.79 Å². The van der Waals surface area contributed by atoms with Gasteiger partial charge in [-0.05, 0) is 37.4 Å². The predicted octanol–water partition coefficient (Wildman–Crippen LogP) is 3.49. The second-order valence-corrected chi connectivity index (χ2v) is 8.87. The summed E-state index contributed by atoms with van der Waals surface area (Å²) >= 11 is 1.98. The molecular formula is C17H32N2OS. The van der Waals surface area contributed by atoms with E-state index in [9.17, 15) is 4.79 Å². The van der Waals surface area contributed by atoms with Gasteiger partial charge >= 0.3 is 0 Å². The lowest BCUT2D eigenvalue weighted by molar-refractivity contribution is -0.131. The average Bonchev–Trinajstić information content (AvgIpc) is 2.99. The van der Waals surface area contributed by atoms with Crippen LogP contribution in [0.15, 0.2) is 0 Å². The quantitative estimate of drug-likeness (QED) is 0.815. The molecule has 21 heavy (non-hydrogen) atoms. The van der Waals surface area contributed by atoms with Gasteiger partial charge in [-0.1, -0.05) is 40.5 Å². The summed E-state index contributed by atoms with van der Waals surface area (Å²) in [6.07, 6.45) is 8.54. The van der Waals surface area contributed by atoms with Gasteiger partial charge in [0.25, 0.3) is 0 Å². The molecule has 1 aliphatic heterocycles. The predicted molar refractivity (Wildman–Crippen MR) is 91.4 cm³/mol.